The fraction of sp³-hybridized carbons (Fsp3) is 0.161. The number of hydrogen-bond donors (Lipinski definition) is 1. The molecule has 2 atom stereocenters. The van der Waals surface area contributed by atoms with Gasteiger partial charge in [0, 0.05) is 33.1 Å². The summed E-state index contributed by atoms with van der Waals surface area (Å²) in [4.78, 5) is 1.37. The Morgan fingerprint density at radius 3 is 2.35 bits per heavy atom. The highest BCUT2D eigenvalue weighted by atomic mass is 35.5. The summed E-state index contributed by atoms with van der Waals surface area (Å²) in [5.41, 5.74) is 2.54. The summed E-state index contributed by atoms with van der Waals surface area (Å²) in [5.74, 6) is 0.350. The minimum atomic E-state index is 0.313. The fourth-order valence-electron chi connectivity index (χ4n) is 4.53. The van der Waals surface area contributed by atoms with Gasteiger partial charge in [0.25, 0.3) is 0 Å². The molecule has 170 valence electrons. The standard InChI is InChI=1S/C31H28ClNS/c1-22(33-21-29-20-27-10-4-5-12-31(27)34-29)30(25-15-17-28(32)18-16-25)11-6-7-23-13-14-24-8-2-3-9-26(24)19-23/h2-10,12-20,22,30,33H,11,21H2,1H3/b7-6+. The minimum absolute atomic E-state index is 0.313. The number of nitrogens with one attached hydrogen (secondary N) is 1. The van der Waals surface area contributed by atoms with Gasteiger partial charge in [-0.05, 0) is 71.0 Å². The first-order chi connectivity index (χ1) is 16.7. The summed E-state index contributed by atoms with van der Waals surface area (Å²) in [6, 6.07) is 34.7. The first kappa shape index (κ1) is 22.9. The molecule has 1 heterocycles. The van der Waals surface area contributed by atoms with Crippen molar-refractivity contribution < 1.29 is 0 Å². The highest BCUT2D eigenvalue weighted by molar-refractivity contribution is 7.19. The maximum absolute atomic E-state index is 6.18. The van der Waals surface area contributed by atoms with Crippen LogP contribution in [0.5, 0.6) is 0 Å². The second-order valence-electron chi connectivity index (χ2n) is 8.82. The first-order valence-corrected chi connectivity index (χ1v) is 13.0. The van der Waals surface area contributed by atoms with E-state index >= 15 is 0 Å². The molecular weight excluding hydrogens is 454 g/mol. The van der Waals surface area contributed by atoms with Crippen molar-refractivity contribution in [3.63, 3.8) is 0 Å². The lowest BCUT2D eigenvalue weighted by Gasteiger charge is -2.24. The van der Waals surface area contributed by atoms with Crippen molar-refractivity contribution in [2.45, 2.75) is 31.8 Å². The Bertz CT molecular complexity index is 1380. The normalized spacial score (nSPS) is 13.6. The van der Waals surface area contributed by atoms with E-state index in [4.69, 9.17) is 11.6 Å². The number of hydrogen-bond acceptors (Lipinski definition) is 2. The number of rotatable bonds is 8. The quantitative estimate of drug-likeness (QED) is 0.233. The van der Waals surface area contributed by atoms with Crippen molar-refractivity contribution in [1.29, 1.82) is 0 Å². The molecule has 0 amide bonds. The van der Waals surface area contributed by atoms with Gasteiger partial charge in [-0.15, -0.1) is 11.3 Å². The van der Waals surface area contributed by atoms with Crippen LogP contribution in [-0.4, -0.2) is 6.04 Å². The summed E-state index contributed by atoms with van der Waals surface area (Å²) in [7, 11) is 0. The Morgan fingerprint density at radius 1 is 0.824 bits per heavy atom. The highest BCUT2D eigenvalue weighted by Gasteiger charge is 2.18. The van der Waals surface area contributed by atoms with Crippen LogP contribution in [0.1, 0.15) is 35.3 Å². The maximum Gasteiger partial charge on any atom is 0.0406 e. The van der Waals surface area contributed by atoms with Crippen LogP contribution < -0.4 is 5.32 Å². The second-order valence-corrected chi connectivity index (χ2v) is 10.4. The summed E-state index contributed by atoms with van der Waals surface area (Å²) in [6.45, 7) is 3.16. The van der Waals surface area contributed by atoms with E-state index in [9.17, 15) is 0 Å². The predicted octanol–water partition coefficient (Wildman–Crippen LogP) is 9.07. The van der Waals surface area contributed by atoms with Gasteiger partial charge in [0.2, 0.25) is 0 Å². The van der Waals surface area contributed by atoms with Crippen LogP contribution in [0.25, 0.3) is 26.9 Å². The Morgan fingerprint density at radius 2 is 1.56 bits per heavy atom. The molecule has 34 heavy (non-hydrogen) atoms. The predicted molar refractivity (Wildman–Crippen MR) is 150 cm³/mol. The van der Waals surface area contributed by atoms with Gasteiger partial charge in [-0.1, -0.05) is 90.5 Å². The molecule has 0 spiro atoms. The molecular formula is C31H28ClNS. The maximum atomic E-state index is 6.18. The fourth-order valence-corrected chi connectivity index (χ4v) is 5.67. The molecule has 0 saturated carbocycles. The van der Waals surface area contributed by atoms with E-state index in [2.05, 4.69) is 109 Å². The molecule has 0 bridgehead atoms. The molecule has 4 aromatic carbocycles. The van der Waals surface area contributed by atoms with Crippen LogP contribution in [0, 0.1) is 0 Å². The largest absolute Gasteiger partial charge is 0.309 e. The third kappa shape index (κ3) is 5.42. The third-order valence-corrected chi connectivity index (χ3v) is 7.82. The van der Waals surface area contributed by atoms with Gasteiger partial charge in [-0.25, -0.2) is 0 Å². The summed E-state index contributed by atoms with van der Waals surface area (Å²) < 4.78 is 1.35. The molecule has 5 aromatic rings. The molecule has 3 heteroatoms. The lowest BCUT2D eigenvalue weighted by Crippen LogP contribution is -2.31. The van der Waals surface area contributed by atoms with Gasteiger partial charge >= 0.3 is 0 Å². The lowest BCUT2D eigenvalue weighted by molar-refractivity contribution is 0.462. The zero-order chi connectivity index (χ0) is 23.3. The Hall–Kier alpha value is -2.91. The molecule has 0 fully saturated rings. The lowest BCUT2D eigenvalue weighted by atomic mass is 9.89. The van der Waals surface area contributed by atoms with E-state index in [1.165, 1.54) is 36.9 Å². The van der Waals surface area contributed by atoms with Crippen LogP contribution >= 0.6 is 22.9 Å². The van der Waals surface area contributed by atoms with Crippen LogP contribution in [-0.2, 0) is 6.54 Å². The Labute approximate surface area is 210 Å². The molecule has 0 aliphatic heterocycles. The van der Waals surface area contributed by atoms with Crippen LogP contribution in [0.2, 0.25) is 5.02 Å². The van der Waals surface area contributed by atoms with E-state index in [-0.39, 0.29) is 0 Å². The van der Waals surface area contributed by atoms with Gasteiger partial charge in [-0.2, -0.15) is 0 Å². The van der Waals surface area contributed by atoms with Gasteiger partial charge in [-0.3, -0.25) is 0 Å². The van der Waals surface area contributed by atoms with Gasteiger partial charge < -0.3 is 5.32 Å². The Kier molecular flexibility index (Phi) is 7.10. The van der Waals surface area contributed by atoms with Gasteiger partial charge in [0.05, 0.1) is 0 Å². The molecule has 1 aromatic heterocycles. The number of allylic oxidation sites excluding steroid dienone is 1. The van der Waals surface area contributed by atoms with Crippen molar-refractivity contribution >= 4 is 49.9 Å². The SMILES string of the molecule is CC(NCc1cc2ccccc2s1)C(C/C=C/c1ccc2ccccc2c1)c1ccc(Cl)cc1. The second kappa shape index (κ2) is 10.6. The third-order valence-electron chi connectivity index (χ3n) is 6.45. The molecule has 5 rings (SSSR count). The molecule has 0 aliphatic rings. The van der Waals surface area contributed by atoms with Crippen LogP contribution in [0.3, 0.4) is 0 Å². The molecule has 0 saturated heterocycles. The van der Waals surface area contributed by atoms with Crippen molar-refractivity contribution in [3.8, 4) is 0 Å². The Balaban J connectivity index is 1.31. The number of fused-ring (bicyclic) bond motifs is 2. The molecule has 2 unspecified atom stereocenters. The monoisotopic (exact) mass is 481 g/mol. The average Bonchev–Trinajstić information content (AvgIpc) is 3.29. The number of benzene rings is 4. The summed E-state index contributed by atoms with van der Waals surface area (Å²) in [5, 5.41) is 8.44. The van der Waals surface area contributed by atoms with Crippen LogP contribution in [0.15, 0.2) is 103 Å². The molecule has 0 aliphatic carbocycles. The van der Waals surface area contributed by atoms with Crippen molar-refractivity contribution in [1.82, 2.24) is 5.32 Å². The molecule has 1 N–H and O–H groups in total. The summed E-state index contributed by atoms with van der Waals surface area (Å²) in [6.07, 6.45) is 5.50. The average molecular weight is 482 g/mol. The van der Waals surface area contributed by atoms with E-state index in [1.807, 2.05) is 23.5 Å². The zero-order valence-corrected chi connectivity index (χ0v) is 20.8. The topological polar surface area (TPSA) is 12.0 Å². The smallest absolute Gasteiger partial charge is 0.0406 e. The minimum Gasteiger partial charge on any atom is -0.309 e. The molecule has 0 radical (unpaired) electrons. The number of thiophene rings is 1. The van der Waals surface area contributed by atoms with E-state index in [0.29, 0.717) is 12.0 Å². The van der Waals surface area contributed by atoms with E-state index in [1.54, 1.807) is 0 Å². The van der Waals surface area contributed by atoms with Crippen LogP contribution in [0.4, 0.5) is 0 Å². The number of halogens is 1. The zero-order valence-electron chi connectivity index (χ0n) is 19.2. The summed E-state index contributed by atoms with van der Waals surface area (Å²) >= 11 is 8.05. The highest BCUT2D eigenvalue weighted by Crippen LogP contribution is 2.29. The van der Waals surface area contributed by atoms with Crippen molar-refractivity contribution in [3.05, 3.63) is 124 Å². The van der Waals surface area contributed by atoms with Crippen molar-refractivity contribution in [2.24, 2.45) is 0 Å². The van der Waals surface area contributed by atoms with Gasteiger partial charge in [0.1, 0.15) is 0 Å². The first-order valence-electron chi connectivity index (χ1n) is 11.8. The van der Waals surface area contributed by atoms with Gasteiger partial charge in [0.15, 0.2) is 0 Å². The molecule has 1 nitrogen and oxygen atoms in total. The van der Waals surface area contributed by atoms with E-state index < -0.39 is 0 Å². The van der Waals surface area contributed by atoms with Crippen molar-refractivity contribution in [2.75, 3.05) is 0 Å². The van der Waals surface area contributed by atoms with E-state index in [0.717, 1.165) is 18.0 Å².